The SMILES string of the molecule is C[C@H](C(=O)Nc1ccc2c(c1F)CC(C=O)C2)N(C)C. The van der Waals surface area contributed by atoms with Gasteiger partial charge in [0.05, 0.1) is 11.7 Å². The first-order valence-corrected chi connectivity index (χ1v) is 6.67. The Morgan fingerprint density at radius 2 is 2.15 bits per heavy atom. The van der Waals surface area contributed by atoms with Crippen LogP contribution < -0.4 is 5.32 Å². The van der Waals surface area contributed by atoms with Crippen molar-refractivity contribution < 1.29 is 14.0 Å². The number of aldehydes is 1. The molecule has 1 aromatic carbocycles. The molecule has 1 aromatic rings. The van der Waals surface area contributed by atoms with Crippen molar-refractivity contribution in [2.45, 2.75) is 25.8 Å². The molecule has 0 saturated heterocycles. The van der Waals surface area contributed by atoms with Crippen LogP contribution in [-0.4, -0.2) is 37.2 Å². The fourth-order valence-corrected chi connectivity index (χ4v) is 2.35. The van der Waals surface area contributed by atoms with Gasteiger partial charge in [0.2, 0.25) is 5.91 Å². The quantitative estimate of drug-likeness (QED) is 0.852. The molecule has 5 heteroatoms. The number of hydrogen-bond donors (Lipinski definition) is 1. The Morgan fingerprint density at radius 3 is 2.75 bits per heavy atom. The molecule has 20 heavy (non-hydrogen) atoms. The number of anilines is 1. The standard InChI is InChI=1S/C15H19FN2O2/c1-9(18(2)3)15(20)17-13-5-4-11-6-10(8-19)7-12(11)14(13)16/h4-5,8-10H,6-7H2,1-3H3,(H,17,20)/t9-,10?/m1/s1. The topological polar surface area (TPSA) is 49.4 Å². The number of nitrogens with zero attached hydrogens (tertiary/aromatic N) is 1. The zero-order chi connectivity index (χ0) is 14.9. The molecule has 1 aliphatic carbocycles. The molecular formula is C15H19FN2O2. The van der Waals surface area contributed by atoms with Crippen molar-refractivity contribution >= 4 is 17.9 Å². The van der Waals surface area contributed by atoms with E-state index in [-0.39, 0.29) is 23.6 Å². The second kappa shape index (κ2) is 5.71. The van der Waals surface area contributed by atoms with Crippen molar-refractivity contribution in [2.24, 2.45) is 5.92 Å². The van der Waals surface area contributed by atoms with Crippen molar-refractivity contribution in [2.75, 3.05) is 19.4 Å². The van der Waals surface area contributed by atoms with E-state index in [9.17, 15) is 14.0 Å². The summed E-state index contributed by atoms with van der Waals surface area (Å²) in [7, 11) is 3.58. The maximum absolute atomic E-state index is 14.4. The summed E-state index contributed by atoms with van der Waals surface area (Å²) < 4.78 is 14.4. The average molecular weight is 278 g/mol. The number of hydrogen-bond acceptors (Lipinski definition) is 3. The molecule has 4 nitrogen and oxygen atoms in total. The smallest absolute Gasteiger partial charge is 0.241 e. The lowest BCUT2D eigenvalue weighted by molar-refractivity contribution is -0.120. The summed E-state index contributed by atoms with van der Waals surface area (Å²) in [5.41, 5.74) is 1.60. The molecule has 0 radical (unpaired) electrons. The zero-order valence-corrected chi connectivity index (χ0v) is 11.9. The Kier molecular flexibility index (Phi) is 4.18. The van der Waals surface area contributed by atoms with Gasteiger partial charge in [0.15, 0.2) is 0 Å². The van der Waals surface area contributed by atoms with Gasteiger partial charge in [-0.15, -0.1) is 0 Å². The highest BCUT2D eigenvalue weighted by atomic mass is 19.1. The monoisotopic (exact) mass is 278 g/mol. The minimum Gasteiger partial charge on any atom is -0.322 e. The van der Waals surface area contributed by atoms with Gasteiger partial charge in [0, 0.05) is 5.92 Å². The molecule has 2 atom stereocenters. The van der Waals surface area contributed by atoms with Crippen LogP contribution in [0, 0.1) is 11.7 Å². The van der Waals surface area contributed by atoms with Crippen molar-refractivity contribution in [1.82, 2.24) is 4.90 Å². The minimum absolute atomic E-state index is 0.147. The van der Waals surface area contributed by atoms with E-state index in [1.54, 1.807) is 38.1 Å². The summed E-state index contributed by atoms with van der Waals surface area (Å²) in [4.78, 5) is 24.5. The number of likely N-dealkylation sites (N-methyl/N-ethyl adjacent to an activating group) is 1. The van der Waals surface area contributed by atoms with E-state index in [0.717, 1.165) is 11.8 Å². The first kappa shape index (κ1) is 14.7. The molecule has 0 aromatic heterocycles. The molecule has 1 aliphatic rings. The second-order valence-corrected chi connectivity index (χ2v) is 5.50. The highest BCUT2D eigenvalue weighted by molar-refractivity contribution is 5.94. The fraction of sp³-hybridized carbons (Fsp3) is 0.467. The van der Waals surface area contributed by atoms with Gasteiger partial charge in [-0.1, -0.05) is 6.07 Å². The molecule has 0 fully saturated rings. The molecule has 2 rings (SSSR count). The largest absolute Gasteiger partial charge is 0.322 e. The number of benzene rings is 1. The van der Waals surface area contributed by atoms with Gasteiger partial charge in [-0.25, -0.2) is 4.39 Å². The summed E-state index contributed by atoms with van der Waals surface area (Å²) in [6.07, 6.45) is 1.86. The third-order valence-corrected chi connectivity index (χ3v) is 3.89. The van der Waals surface area contributed by atoms with Gasteiger partial charge in [-0.3, -0.25) is 9.69 Å². The van der Waals surface area contributed by atoms with E-state index in [4.69, 9.17) is 0 Å². The number of amides is 1. The van der Waals surface area contributed by atoms with E-state index >= 15 is 0 Å². The lowest BCUT2D eigenvalue weighted by Crippen LogP contribution is -2.37. The highest BCUT2D eigenvalue weighted by Crippen LogP contribution is 2.31. The van der Waals surface area contributed by atoms with Crippen LogP contribution in [-0.2, 0) is 22.4 Å². The lowest BCUT2D eigenvalue weighted by atomic mass is 10.1. The molecule has 1 amide bonds. The molecule has 0 heterocycles. The molecule has 0 spiro atoms. The van der Waals surface area contributed by atoms with Crippen LogP contribution in [0.2, 0.25) is 0 Å². The number of carbonyl (C=O) groups excluding carboxylic acids is 2. The Hall–Kier alpha value is -1.75. The summed E-state index contributed by atoms with van der Waals surface area (Å²) in [6.45, 7) is 1.75. The van der Waals surface area contributed by atoms with Crippen LogP contribution in [0.5, 0.6) is 0 Å². The molecule has 0 saturated carbocycles. The van der Waals surface area contributed by atoms with Crippen LogP contribution in [0.3, 0.4) is 0 Å². The predicted octanol–water partition coefficient (Wildman–Crippen LogP) is 1.63. The third kappa shape index (κ3) is 2.72. The van der Waals surface area contributed by atoms with Gasteiger partial charge in [0.25, 0.3) is 0 Å². The molecular weight excluding hydrogens is 259 g/mol. The fourth-order valence-electron chi connectivity index (χ4n) is 2.35. The van der Waals surface area contributed by atoms with Gasteiger partial charge in [-0.05, 0) is 51.1 Å². The Balaban J connectivity index is 2.20. The van der Waals surface area contributed by atoms with E-state index in [2.05, 4.69) is 5.32 Å². The van der Waals surface area contributed by atoms with E-state index < -0.39 is 5.82 Å². The summed E-state index contributed by atoms with van der Waals surface area (Å²) in [6, 6.07) is 3.02. The number of nitrogens with one attached hydrogen (secondary N) is 1. The zero-order valence-electron chi connectivity index (χ0n) is 11.9. The highest BCUT2D eigenvalue weighted by Gasteiger charge is 2.26. The van der Waals surface area contributed by atoms with Crippen LogP contribution in [0.4, 0.5) is 10.1 Å². The number of rotatable bonds is 4. The van der Waals surface area contributed by atoms with Crippen molar-refractivity contribution in [3.63, 3.8) is 0 Å². The average Bonchev–Trinajstić information content (AvgIpc) is 2.84. The lowest BCUT2D eigenvalue weighted by Gasteiger charge is -2.19. The Bertz CT molecular complexity index is 543. The van der Waals surface area contributed by atoms with Crippen molar-refractivity contribution in [3.8, 4) is 0 Å². The molecule has 0 bridgehead atoms. The number of carbonyl (C=O) groups is 2. The molecule has 108 valence electrons. The maximum Gasteiger partial charge on any atom is 0.241 e. The van der Waals surface area contributed by atoms with Gasteiger partial charge in [0.1, 0.15) is 12.1 Å². The third-order valence-electron chi connectivity index (χ3n) is 3.89. The molecule has 1 N–H and O–H groups in total. The van der Waals surface area contributed by atoms with Crippen LogP contribution in [0.1, 0.15) is 18.1 Å². The first-order chi connectivity index (χ1) is 9.43. The van der Waals surface area contributed by atoms with Crippen LogP contribution in [0.25, 0.3) is 0 Å². The van der Waals surface area contributed by atoms with Crippen molar-refractivity contribution in [3.05, 3.63) is 29.1 Å². The Labute approximate surface area is 118 Å². The summed E-state index contributed by atoms with van der Waals surface area (Å²) in [5.74, 6) is -0.809. The van der Waals surface area contributed by atoms with E-state index in [1.165, 1.54) is 0 Å². The summed E-state index contributed by atoms with van der Waals surface area (Å²) >= 11 is 0. The summed E-state index contributed by atoms with van der Waals surface area (Å²) in [5, 5.41) is 2.61. The second-order valence-electron chi connectivity index (χ2n) is 5.50. The first-order valence-electron chi connectivity index (χ1n) is 6.67. The van der Waals surface area contributed by atoms with Gasteiger partial charge < -0.3 is 10.1 Å². The van der Waals surface area contributed by atoms with E-state index in [1.807, 2.05) is 0 Å². The molecule has 1 unspecified atom stereocenters. The molecule has 0 aliphatic heterocycles. The predicted molar refractivity (Wildman–Crippen MR) is 75.1 cm³/mol. The normalized spacial score (nSPS) is 18.8. The van der Waals surface area contributed by atoms with Gasteiger partial charge in [-0.2, -0.15) is 0 Å². The minimum atomic E-state index is -0.411. The van der Waals surface area contributed by atoms with Gasteiger partial charge >= 0.3 is 0 Å². The Morgan fingerprint density at radius 1 is 1.45 bits per heavy atom. The van der Waals surface area contributed by atoms with Crippen molar-refractivity contribution in [1.29, 1.82) is 0 Å². The maximum atomic E-state index is 14.4. The number of fused-ring (bicyclic) bond motifs is 1. The van der Waals surface area contributed by atoms with Crippen LogP contribution >= 0.6 is 0 Å². The number of halogens is 1. The van der Waals surface area contributed by atoms with Crippen LogP contribution in [0.15, 0.2) is 12.1 Å². The van der Waals surface area contributed by atoms with E-state index in [0.29, 0.717) is 18.4 Å².